The summed E-state index contributed by atoms with van der Waals surface area (Å²) in [5.74, 6) is 0. The van der Waals surface area contributed by atoms with Crippen LogP contribution in [0.15, 0.2) is 83.8 Å². The fraction of sp³-hybridized carbons (Fsp3) is 0.0870. The zero-order valence-corrected chi connectivity index (χ0v) is 18.2. The second-order valence-electron chi connectivity index (χ2n) is 7.21. The Kier molecular flexibility index (Phi) is 5.73. The molecule has 0 unspecified atom stereocenters. The van der Waals surface area contributed by atoms with Gasteiger partial charge in [0.25, 0.3) is 0 Å². The van der Waals surface area contributed by atoms with Gasteiger partial charge in [-0.3, -0.25) is 0 Å². The number of sulfonamides is 1. The quantitative estimate of drug-likeness (QED) is 0.432. The molecule has 0 bridgehead atoms. The van der Waals surface area contributed by atoms with Crippen molar-refractivity contribution in [2.75, 3.05) is 12.4 Å². The van der Waals surface area contributed by atoms with E-state index in [0.29, 0.717) is 16.8 Å². The molecule has 0 saturated heterocycles. The van der Waals surface area contributed by atoms with Crippen LogP contribution in [0.25, 0.3) is 28.1 Å². The van der Waals surface area contributed by atoms with Gasteiger partial charge in [-0.05, 0) is 42.0 Å². The summed E-state index contributed by atoms with van der Waals surface area (Å²) < 4.78 is 66.9. The molecular weight excluding hydrogens is 453 g/mol. The molecule has 1 heterocycles. The largest absolute Gasteiger partial charge is 0.435 e. The lowest BCUT2D eigenvalue weighted by Gasteiger charge is -2.12. The first kappa shape index (κ1) is 22.6. The van der Waals surface area contributed by atoms with Crippen LogP contribution in [0.5, 0.6) is 0 Å². The highest BCUT2D eigenvalue weighted by atomic mass is 32.2. The van der Waals surface area contributed by atoms with E-state index in [4.69, 9.17) is 5.14 Å². The molecule has 0 amide bonds. The first-order valence-corrected chi connectivity index (χ1v) is 11.3. The monoisotopic (exact) mass is 472 g/mol. The van der Waals surface area contributed by atoms with E-state index in [1.54, 1.807) is 61.6 Å². The van der Waals surface area contributed by atoms with Crippen molar-refractivity contribution in [2.24, 2.45) is 5.14 Å². The maximum atomic E-state index is 14.1. The average Bonchev–Trinajstić information content (AvgIpc) is 3.20. The number of primary sulfonamides is 1. The predicted octanol–water partition coefficient (Wildman–Crippen LogP) is 4.91. The number of nitrogens with two attached hydrogens (primary N) is 1. The highest BCUT2D eigenvalue weighted by molar-refractivity contribution is 7.89. The molecule has 0 fully saturated rings. The number of nitrogens with one attached hydrogen (secondary N) is 1. The Morgan fingerprint density at radius 3 is 2.00 bits per heavy atom. The Balaban J connectivity index is 2.05. The van der Waals surface area contributed by atoms with Crippen molar-refractivity contribution in [3.05, 3.63) is 84.6 Å². The topological polar surface area (TPSA) is 90.0 Å². The van der Waals surface area contributed by atoms with Crippen molar-refractivity contribution in [1.29, 1.82) is 0 Å². The second-order valence-corrected chi connectivity index (χ2v) is 8.78. The third kappa shape index (κ3) is 4.48. The Morgan fingerprint density at radius 1 is 0.879 bits per heavy atom. The van der Waals surface area contributed by atoms with Crippen molar-refractivity contribution in [3.63, 3.8) is 0 Å². The highest BCUT2D eigenvalue weighted by Crippen LogP contribution is 2.43. The number of aromatic nitrogens is 2. The maximum Gasteiger partial charge on any atom is 0.435 e. The molecular formula is C23H19F3N4O2S. The van der Waals surface area contributed by atoms with Gasteiger partial charge in [0, 0.05) is 23.9 Å². The lowest BCUT2D eigenvalue weighted by Crippen LogP contribution is -2.11. The summed E-state index contributed by atoms with van der Waals surface area (Å²) in [5, 5.41) is 12.1. The molecule has 0 aliphatic carbocycles. The zero-order valence-electron chi connectivity index (χ0n) is 17.3. The minimum Gasteiger partial charge on any atom is -0.388 e. The third-order valence-corrected chi connectivity index (χ3v) is 6.00. The summed E-state index contributed by atoms with van der Waals surface area (Å²) in [6.07, 6.45) is -4.73. The van der Waals surface area contributed by atoms with Gasteiger partial charge in [0.15, 0.2) is 5.69 Å². The fourth-order valence-corrected chi connectivity index (χ4v) is 4.04. The molecule has 1 aromatic heterocycles. The highest BCUT2D eigenvalue weighted by Gasteiger charge is 2.40. The molecule has 10 heteroatoms. The van der Waals surface area contributed by atoms with Crippen molar-refractivity contribution in [2.45, 2.75) is 11.1 Å². The van der Waals surface area contributed by atoms with Crippen molar-refractivity contribution >= 4 is 15.7 Å². The van der Waals surface area contributed by atoms with E-state index in [1.165, 1.54) is 28.9 Å². The molecule has 170 valence electrons. The Hall–Kier alpha value is -3.63. The number of nitrogens with zero attached hydrogens (tertiary/aromatic N) is 2. The van der Waals surface area contributed by atoms with E-state index < -0.39 is 21.9 Å². The number of halogens is 3. The van der Waals surface area contributed by atoms with Crippen LogP contribution < -0.4 is 10.5 Å². The molecule has 0 aliphatic rings. The second kappa shape index (κ2) is 8.38. The normalized spacial score (nSPS) is 12.0. The van der Waals surface area contributed by atoms with Crippen LogP contribution in [0.3, 0.4) is 0 Å². The predicted molar refractivity (Wildman–Crippen MR) is 120 cm³/mol. The molecule has 0 spiro atoms. The molecule has 0 aliphatic heterocycles. The summed E-state index contributed by atoms with van der Waals surface area (Å²) in [6.45, 7) is 0. The number of hydrogen-bond acceptors (Lipinski definition) is 4. The lowest BCUT2D eigenvalue weighted by atomic mass is 9.98. The maximum absolute atomic E-state index is 14.1. The molecule has 0 atom stereocenters. The van der Waals surface area contributed by atoms with Crippen LogP contribution >= 0.6 is 0 Å². The summed E-state index contributed by atoms with van der Waals surface area (Å²) >= 11 is 0. The number of hydrogen-bond donors (Lipinski definition) is 2. The van der Waals surface area contributed by atoms with Gasteiger partial charge in [-0.25, -0.2) is 18.2 Å². The number of rotatable bonds is 5. The SMILES string of the molecule is CNc1ccc(-n2nc(C(F)(F)F)c(-c3ccccc3)c2-c2ccc(S(N)(=O)=O)cc2)cc1. The summed E-state index contributed by atoms with van der Waals surface area (Å²) in [5.41, 5.74) is 0.889. The van der Waals surface area contributed by atoms with Gasteiger partial charge in [-0.2, -0.15) is 18.3 Å². The van der Waals surface area contributed by atoms with Gasteiger partial charge in [0.05, 0.1) is 16.3 Å². The van der Waals surface area contributed by atoms with E-state index in [0.717, 1.165) is 5.69 Å². The number of anilines is 1. The van der Waals surface area contributed by atoms with Gasteiger partial charge < -0.3 is 5.32 Å². The van der Waals surface area contributed by atoms with Crippen molar-refractivity contribution < 1.29 is 21.6 Å². The summed E-state index contributed by atoms with van der Waals surface area (Å²) in [6, 6.07) is 20.2. The van der Waals surface area contributed by atoms with Gasteiger partial charge in [-0.15, -0.1) is 0 Å². The number of benzene rings is 3. The molecule has 33 heavy (non-hydrogen) atoms. The van der Waals surface area contributed by atoms with E-state index in [2.05, 4.69) is 10.4 Å². The molecule has 3 aromatic carbocycles. The van der Waals surface area contributed by atoms with Gasteiger partial charge in [-0.1, -0.05) is 42.5 Å². The van der Waals surface area contributed by atoms with Crippen LogP contribution in [0.4, 0.5) is 18.9 Å². The Labute approximate surface area is 188 Å². The average molecular weight is 472 g/mol. The van der Waals surface area contributed by atoms with Crippen LogP contribution in [0, 0.1) is 0 Å². The van der Waals surface area contributed by atoms with Crippen LogP contribution in [-0.4, -0.2) is 25.2 Å². The first-order valence-electron chi connectivity index (χ1n) is 9.76. The molecule has 4 aromatic rings. The van der Waals surface area contributed by atoms with Gasteiger partial charge in [0.2, 0.25) is 10.0 Å². The molecule has 0 saturated carbocycles. The van der Waals surface area contributed by atoms with Crippen molar-refractivity contribution in [3.8, 4) is 28.1 Å². The Morgan fingerprint density at radius 2 is 1.48 bits per heavy atom. The number of alkyl halides is 3. The van der Waals surface area contributed by atoms with Gasteiger partial charge >= 0.3 is 6.18 Å². The lowest BCUT2D eigenvalue weighted by molar-refractivity contribution is -0.140. The molecule has 0 radical (unpaired) electrons. The minimum absolute atomic E-state index is 0.107. The van der Waals surface area contributed by atoms with E-state index in [9.17, 15) is 21.6 Å². The molecule has 3 N–H and O–H groups in total. The van der Waals surface area contributed by atoms with E-state index in [-0.39, 0.29) is 16.2 Å². The standard InChI is InChI=1S/C23H19F3N4O2S/c1-28-17-9-11-18(12-10-17)30-21(16-7-13-19(14-8-16)33(27,31)32)20(15-5-3-2-4-6-15)22(29-30)23(24,25)26/h2-14,28H,1H3,(H2,27,31,32). The Bertz CT molecular complexity index is 1380. The fourth-order valence-electron chi connectivity index (χ4n) is 3.52. The van der Waals surface area contributed by atoms with Crippen LogP contribution in [-0.2, 0) is 16.2 Å². The summed E-state index contributed by atoms with van der Waals surface area (Å²) in [7, 11) is -2.23. The smallest absolute Gasteiger partial charge is 0.388 e. The summed E-state index contributed by atoms with van der Waals surface area (Å²) in [4.78, 5) is -0.145. The molecule has 4 rings (SSSR count). The van der Waals surface area contributed by atoms with E-state index in [1.807, 2.05) is 0 Å². The van der Waals surface area contributed by atoms with E-state index >= 15 is 0 Å². The third-order valence-electron chi connectivity index (χ3n) is 5.07. The van der Waals surface area contributed by atoms with Crippen molar-refractivity contribution in [1.82, 2.24) is 9.78 Å². The first-order chi connectivity index (χ1) is 15.6. The van der Waals surface area contributed by atoms with Crippen LogP contribution in [0.2, 0.25) is 0 Å². The minimum atomic E-state index is -4.73. The van der Waals surface area contributed by atoms with Crippen LogP contribution in [0.1, 0.15) is 5.69 Å². The van der Waals surface area contributed by atoms with Gasteiger partial charge in [0.1, 0.15) is 0 Å². The zero-order chi connectivity index (χ0) is 23.8. The molecule has 6 nitrogen and oxygen atoms in total.